The predicted molar refractivity (Wildman–Crippen MR) is 97.2 cm³/mol. The van der Waals surface area contributed by atoms with Gasteiger partial charge in [0, 0.05) is 31.2 Å². The number of hydrogen-bond acceptors (Lipinski definition) is 4. The van der Waals surface area contributed by atoms with Crippen LogP contribution in [0.3, 0.4) is 0 Å². The molecular formula is C19H27N3O3. The first-order valence-corrected chi connectivity index (χ1v) is 8.66. The highest BCUT2D eigenvalue weighted by molar-refractivity contribution is 5.74. The fourth-order valence-electron chi connectivity index (χ4n) is 2.49. The second-order valence-corrected chi connectivity index (χ2v) is 6.52. The molecule has 6 heteroatoms. The van der Waals surface area contributed by atoms with Crippen molar-refractivity contribution in [2.45, 2.75) is 39.7 Å². The minimum atomic E-state index is -0.227. The number of nitrogens with one attached hydrogen (secondary N) is 2. The molecule has 1 unspecified atom stereocenters. The van der Waals surface area contributed by atoms with Gasteiger partial charge in [-0.2, -0.15) is 0 Å². The van der Waals surface area contributed by atoms with Crippen LogP contribution in [0.5, 0.6) is 0 Å². The summed E-state index contributed by atoms with van der Waals surface area (Å²) in [7, 11) is 0. The minimum Gasteiger partial charge on any atom is -0.444 e. The Balaban J connectivity index is 1.80. The van der Waals surface area contributed by atoms with Gasteiger partial charge in [-0.05, 0) is 31.4 Å². The summed E-state index contributed by atoms with van der Waals surface area (Å²) in [6.07, 6.45) is 2.76. The predicted octanol–water partition coefficient (Wildman–Crippen LogP) is 2.90. The zero-order chi connectivity index (χ0) is 18.2. The van der Waals surface area contributed by atoms with Gasteiger partial charge < -0.3 is 20.2 Å². The molecule has 1 aromatic heterocycles. The van der Waals surface area contributed by atoms with Crippen LogP contribution in [0.1, 0.15) is 31.5 Å². The molecule has 0 saturated carbocycles. The molecule has 25 heavy (non-hydrogen) atoms. The number of oxazole rings is 1. The quantitative estimate of drug-likeness (QED) is 0.686. The largest absolute Gasteiger partial charge is 0.444 e. The Morgan fingerprint density at radius 1 is 1.28 bits per heavy atom. The third-order valence-corrected chi connectivity index (χ3v) is 4.08. The zero-order valence-corrected chi connectivity index (χ0v) is 15.1. The minimum absolute atomic E-state index is 0.0369. The molecule has 6 nitrogen and oxygen atoms in total. The van der Waals surface area contributed by atoms with E-state index in [2.05, 4.69) is 15.6 Å². The van der Waals surface area contributed by atoms with E-state index in [1.165, 1.54) is 5.56 Å². The topological polar surface area (TPSA) is 87.4 Å². The van der Waals surface area contributed by atoms with Crippen LogP contribution in [0.2, 0.25) is 0 Å². The molecule has 3 N–H and O–H groups in total. The van der Waals surface area contributed by atoms with Crippen LogP contribution in [-0.4, -0.2) is 35.3 Å². The molecule has 0 bridgehead atoms. The third kappa shape index (κ3) is 5.90. The second kappa shape index (κ2) is 9.22. The first-order valence-electron chi connectivity index (χ1n) is 8.66. The van der Waals surface area contributed by atoms with Crippen molar-refractivity contribution in [3.8, 4) is 11.5 Å². The van der Waals surface area contributed by atoms with Gasteiger partial charge in [-0.15, -0.1) is 0 Å². The van der Waals surface area contributed by atoms with Crippen LogP contribution >= 0.6 is 0 Å². The van der Waals surface area contributed by atoms with Gasteiger partial charge >= 0.3 is 6.03 Å². The monoisotopic (exact) mass is 345 g/mol. The number of aromatic nitrogens is 1. The molecule has 0 saturated heterocycles. The summed E-state index contributed by atoms with van der Waals surface area (Å²) in [5, 5.41) is 14.7. The van der Waals surface area contributed by atoms with Gasteiger partial charge in [-0.25, -0.2) is 9.78 Å². The van der Waals surface area contributed by atoms with Gasteiger partial charge in [-0.1, -0.05) is 31.5 Å². The van der Waals surface area contributed by atoms with Crippen LogP contribution in [0, 0.1) is 12.8 Å². The lowest BCUT2D eigenvalue weighted by Crippen LogP contribution is -2.45. The number of aliphatic hydroxyl groups excluding tert-OH is 1. The molecule has 0 spiro atoms. The van der Waals surface area contributed by atoms with Gasteiger partial charge in [0.05, 0.1) is 5.69 Å². The standard InChI is InChI=1S/C19H27N3O3/c1-13(2)17(9-11-23)22-19(24)20-10-8-16-12-25-18(21-16)15-6-4-14(3)5-7-15/h4-7,12-13,17,23H,8-11H2,1-3H3,(H2,20,22,24). The van der Waals surface area contributed by atoms with E-state index < -0.39 is 0 Å². The summed E-state index contributed by atoms with van der Waals surface area (Å²) < 4.78 is 5.51. The molecule has 2 amide bonds. The Morgan fingerprint density at radius 2 is 2.00 bits per heavy atom. The molecule has 1 aromatic carbocycles. The average Bonchev–Trinajstić information content (AvgIpc) is 3.04. The first-order chi connectivity index (χ1) is 12.0. The van der Waals surface area contributed by atoms with E-state index >= 15 is 0 Å². The molecule has 1 atom stereocenters. The lowest BCUT2D eigenvalue weighted by atomic mass is 10.0. The molecule has 0 aliphatic carbocycles. The molecule has 0 aliphatic rings. The van der Waals surface area contributed by atoms with Crippen molar-refractivity contribution in [2.75, 3.05) is 13.2 Å². The van der Waals surface area contributed by atoms with Crippen molar-refractivity contribution in [1.29, 1.82) is 0 Å². The maximum Gasteiger partial charge on any atom is 0.315 e. The Bertz CT molecular complexity index is 665. The van der Waals surface area contributed by atoms with Crippen LogP contribution in [0.15, 0.2) is 34.9 Å². The number of carbonyl (C=O) groups excluding carboxylic acids is 1. The number of aryl methyl sites for hydroxylation is 1. The van der Waals surface area contributed by atoms with Crippen molar-refractivity contribution in [3.05, 3.63) is 41.8 Å². The normalized spacial score (nSPS) is 12.2. The maximum absolute atomic E-state index is 11.9. The van der Waals surface area contributed by atoms with E-state index in [-0.39, 0.29) is 24.6 Å². The van der Waals surface area contributed by atoms with Crippen LogP contribution in [-0.2, 0) is 6.42 Å². The van der Waals surface area contributed by atoms with Gasteiger partial charge in [0.1, 0.15) is 6.26 Å². The summed E-state index contributed by atoms with van der Waals surface area (Å²) in [5.74, 6) is 0.854. The number of urea groups is 1. The van der Waals surface area contributed by atoms with Crippen molar-refractivity contribution in [2.24, 2.45) is 5.92 Å². The van der Waals surface area contributed by atoms with Gasteiger partial charge in [0.15, 0.2) is 0 Å². The van der Waals surface area contributed by atoms with Crippen molar-refractivity contribution in [1.82, 2.24) is 15.6 Å². The highest BCUT2D eigenvalue weighted by Gasteiger charge is 2.15. The van der Waals surface area contributed by atoms with Crippen molar-refractivity contribution < 1.29 is 14.3 Å². The fourth-order valence-corrected chi connectivity index (χ4v) is 2.49. The molecule has 2 rings (SSSR count). The summed E-state index contributed by atoms with van der Waals surface area (Å²) in [5.41, 5.74) is 2.92. The molecule has 136 valence electrons. The smallest absolute Gasteiger partial charge is 0.315 e. The van der Waals surface area contributed by atoms with Crippen LogP contribution in [0.4, 0.5) is 4.79 Å². The zero-order valence-electron chi connectivity index (χ0n) is 15.1. The molecular weight excluding hydrogens is 318 g/mol. The second-order valence-electron chi connectivity index (χ2n) is 6.52. The summed E-state index contributed by atoms with van der Waals surface area (Å²) in [4.78, 5) is 16.4. The third-order valence-electron chi connectivity index (χ3n) is 4.08. The van der Waals surface area contributed by atoms with E-state index in [1.54, 1.807) is 6.26 Å². The Kier molecular flexibility index (Phi) is 7.01. The van der Waals surface area contributed by atoms with Gasteiger partial charge in [0.2, 0.25) is 5.89 Å². The lowest BCUT2D eigenvalue weighted by Gasteiger charge is -2.21. The number of benzene rings is 1. The molecule has 0 aliphatic heterocycles. The number of hydrogen-bond donors (Lipinski definition) is 3. The Labute approximate surface area is 148 Å². The Morgan fingerprint density at radius 3 is 2.64 bits per heavy atom. The molecule has 2 aromatic rings. The highest BCUT2D eigenvalue weighted by Crippen LogP contribution is 2.19. The van der Waals surface area contributed by atoms with Gasteiger partial charge in [-0.3, -0.25) is 0 Å². The molecule has 1 heterocycles. The number of amides is 2. The molecule has 0 radical (unpaired) electrons. The summed E-state index contributed by atoms with van der Waals surface area (Å²) in [6, 6.07) is 7.72. The highest BCUT2D eigenvalue weighted by atomic mass is 16.3. The number of aliphatic hydroxyl groups is 1. The van der Waals surface area contributed by atoms with E-state index in [0.717, 1.165) is 11.3 Å². The lowest BCUT2D eigenvalue weighted by molar-refractivity contribution is 0.219. The van der Waals surface area contributed by atoms with E-state index in [0.29, 0.717) is 25.3 Å². The van der Waals surface area contributed by atoms with Gasteiger partial charge in [0.25, 0.3) is 0 Å². The number of rotatable bonds is 8. The maximum atomic E-state index is 11.9. The SMILES string of the molecule is Cc1ccc(-c2nc(CCNC(=O)NC(CCO)C(C)C)co2)cc1. The van der Waals surface area contributed by atoms with Crippen molar-refractivity contribution >= 4 is 6.03 Å². The number of nitrogens with zero attached hydrogens (tertiary/aromatic N) is 1. The van der Waals surface area contributed by atoms with Crippen LogP contribution < -0.4 is 10.6 Å². The summed E-state index contributed by atoms with van der Waals surface area (Å²) >= 11 is 0. The van der Waals surface area contributed by atoms with E-state index in [9.17, 15) is 4.79 Å². The van der Waals surface area contributed by atoms with E-state index in [4.69, 9.17) is 9.52 Å². The average molecular weight is 345 g/mol. The van der Waals surface area contributed by atoms with Crippen LogP contribution in [0.25, 0.3) is 11.5 Å². The van der Waals surface area contributed by atoms with E-state index in [1.807, 2.05) is 45.0 Å². The summed E-state index contributed by atoms with van der Waals surface area (Å²) in [6.45, 7) is 6.59. The Hall–Kier alpha value is -2.34. The van der Waals surface area contributed by atoms with Crippen molar-refractivity contribution in [3.63, 3.8) is 0 Å². The first kappa shape index (κ1) is 19.0. The number of carbonyl (C=O) groups is 1. The molecule has 0 fully saturated rings. The fraction of sp³-hybridized carbons (Fsp3) is 0.474.